The second-order valence-corrected chi connectivity index (χ2v) is 6.12. The molecule has 2 heterocycles. The summed E-state index contributed by atoms with van der Waals surface area (Å²) in [6.07, 6.45) is 2.09. The Kier molecular flexibility index (Phi) is 5.52. The molecule has 4 rings (SSSR count). The quantitative estimate of drug-likeness (QED) is 0.432. The third-order valence-corrected chi connectivity index (χ3v) is 3.96. The van der Waals surface area contributed by atoms with E-state index in [1.807, 2.05) is 30.3 Å². The fourth-order valence-electron chi connectivity index (χ4n) is 2.53. The molecule has 29 heavy (non-hydrogen) atoms. The number of azo groups is 1. The second kappa shape index (κ2) is 8.75. The van der Waals surface area contributed by atoms with Crippen molar-refractivity contribution in [3.05, 3.63) is 78.9 Å². The maximum Gasteiger partial charge on any atom is 0.238 e. The molecule has 0 saturated carbocycles. The molecule has 0 aliphatic carbocycles. The SMILES string of the molecule is O=C(CCc1nc(-c2ccco2)no1)Nc1ccc(N=Nc2ccccc2)cc1. The van der Waals surface area contributed by atoms with E-state index in [1.165, 1.54) is 6.26 Å². The summed E-state index contributed by atoms with van der Waals surface area (Å²) in [5, 5.41) is 15.0. The maximum atomic E-state index is 12.2. The van der Waals surface area contributed by atoms with Gasteiger partial charge >= 0.3 is 0 Å². The molecule has 0 bridgehead atoms. The maximum absolute atomic E-state index is 12.2. The third kappa shape index (κ3) is 5.01. The van der Waals surface area contributed by atoms with Gasteiger partial charge in [-0.1, -0.05) is 23.4 Å². The first-order valence-corrected chi connectivity index (χ1v) is 8.99. The largest absolute Gasteiger partial charge is 0.461 e. The number of hydrogen-bond acceptors (Lipinski definition) is 7. The average molecular weight is 387 g/mol. The zero-order chi connectivity index (χ0) is 19.9. The minimum atomic E-state index is -0.151. The summed E-state index contributed by atoms with van der Waals surface area (Å²) >= 11 is 0. The molecule has 0 atom stereocenters. The van der Waals surface area contributed by atoms with Gasteiger partial charge in [-0.05, 0) is 48.5 Å². The van der Waals surface area contributed by atoms with Crippen molar-refractivity contribution in [2.24, 2.45) is 10.2 Å². The van der Waals surface area contributed by atoms with Gasteiger partial charge in [-0.25, -0.2) is 0 Å². The highest BCUT2D eigenvalue weighted by atomic mass is 16.5. The fraction of sp³-hybridized carbons (Fsp3) is 0.0952. The molecule has 0 aliphatic heterocycles. The van der Waals surface area contributed by atoms with Crippen LogP contribution in [0, 0.1) is 0 Å². The molecule has 4 aromatic rings. The van der Waals surface area contributed by atoms with Crippen molar-refractivity contribution < 1.29 is 13.7 Å². The molecular weight excluding hydrogens is 370 g/mol. The van der Waals surface area contributed by atoms with Crippen LogP contribution in [0.25, 0.3) is 11.6 Å². The van der Waals surface area contributed by atoms with Gasteiger partial charge in [0.1, 0.15) is 0 Å². The van der Waals surface area contributed by atoms with Gasteiger partial charge in [-0.3, -0.25) is 4.79 Å². The molecule has 0 saturated heterocycles. The molecule has 0 radical (unpaired) electrons. The van der Waals surface area contributed by atoms with Crippen LogP contribution in [0.2, 0.25) is 0 Å². The minimum absolute atomic E-state index is 0.151. The Hall–Kier alpha value is -4.07. The molecule has 8 nitrogen and oxygen atoms in total. The Labute approximate surface area is 166 Å². The van der Waals surface area contributed by atoms with Crippen LogP contribution in [0.15, 0.2) is 92.2 Å². The fourth-order valence-corrected chi connectivity index (χ4v) is 2.53. The molecule has 1 amide bonds. The summed E-state index contributed by atoms with van der Waals surface area (Å²) in [4.78, 5) is 16.4. The highest BCUT2D eigenvalue weighted by Gasteiger charge is 2.12. The van der Waals surface area contributed by atoms with E-state index in [-0.39, 0.29) is 12.3 Å². The van der Waals surface area contributed by atoms with Gasteiger partial charge in [0.25, 0.3) is 0 Å². The number of nitrogens with one attached hydrogen (secondary N) is 1. The lowest BCUT2D eigenvalue weighted by Crippen LogP contribution is -2.12. The summed E-state index contributed by atoms with van der Waals surface area (Å²) in [6.45, 7) is 0. The number of furan rings is 1. The molecule has 0 aliphatic rings. The van der Waals surface area contributed by atoms with E-state index >= 15 is 0 Å². The second-order valence-electron chi connectivity index (χ2n) is 6.12. The van der Waals surface area contributed by atoms with Gasteiger partial charge in [0.05, 0.1) is 17.6 Å². The van der Waals surface area contributed by atoms with Crippen molar-refractivity contribution in [2.45, 2.75) is 12.8 Å². The van der Waals surface area contributed by atoms with Crippen LogP contribution in [0.1, 0.15) is 12.3 Å². The Morgan fingerprint density at radius 1 is 0.931 bits per heavy atom. The predicted octanol–water partition coefficient (Wildman–Crippen LogP) is 5.32. The van der Waals surface area contributed by atoms with Crippen molar-refractivity contribution in [3.8, 4) is 11.6 Å². The van der Waals surface area contributed by atoms with E-state index in [2.05, 4.69) is 25.7 Å². The number of carbonyl (C=O) groups is 1. The number of aromatic nitrogens is 2. The van der Waals surface area contributed by atoms with Crippen LogP contribution in [-0.4, -0.2) is 16.0 Å². The van der Waals surface area contributed by atoms with E-state index in [0.717, 1.165) is 5.69 Å². The summed E-state index contributed by atoms with van der Waals surface area (Å²) in [6, 6.07) is 20.1. The summed E-state index contributed by atoms with van der Waals surface area (Å²) in [7, 11) is 0. The lowest BCUT2D eigenvalue weighted by molar-refractivity contribution is -0.116. The van der Waals surface area contributed by atoms with Gasteiger partial charge < -0.3 is 14.3 Å². The van der Waals surface area contributed by atoms with Gasteiger partial charge in [0.2, 0.25) is 17.6 Å². The Morgan fingerprint density at radius 2 is 1.69 bits per heavy atom. The van der Waals surface area contributed by atoms with Crippen molar-refractivity contribution in [2.75, 3.05) is 5.32 Å². The highest BCUT2D eigenvalue weighted by molar-refractivity contribution is 5.90. The lowest BCUT2D eigenvalue weighted by Gasteiger charge is -2.04. The topological polar surface area (TPSA) is 106 Å². The van der Waals surface area contributed by atoms with E-state index in [0.29, 0.717) is 35.3 Å². The third-order valence-electron chi connectivity index (χ3n) is 3.96. The lowest BCUT2D eigenvalue weighted by atomic mass is 10.2. The van der Waals surface area contributed by atoms with Crippen LogP contribution in [0.4, 0.5) is 17.1 Å². The van der Waals surface area contributed by atoms with Crippen LogP contribution >= 0.6 is 0 Å². The monoisotopic (exact) mass is 387 g/mol. The van der Waals surface area contributed by atoms with Gasteiger partial charge in [0.15, 0.2) is 5.76 Å². The van der Waals surface area contributed by atoms with E-state index < -0.39 is 0 Å². The van der Waals surface area contributed by atoms with E-state index in [4.69, 9.17) is 8.94 Å². The summed E-state index contributed by atoms with van der Waals surface area (Å²) in [5.41, 5.74) is 2.15. The number of nitrogens with zero attached hydrogens (tertiary/aromatic N) is 4. The Bertz CT molecular complexity index is 1090. The number of amides is 1. The summed E-state index contributed by atoms with van der Waals surface area (Å²) < 4.78 is 10.4. The number of hydrogen-bond donors (Lipinski definition) is 1. The van der Waals surface area contributed by atoms with Crippen molar-refractivity contribution in [3.63, 3.8) is 0 Å². The number of aryl methyl sites for hydroxylation is 1. The Balaban J connectivity index is 1.28. The zero-order valence-corrected chi connectivity index (χ0v) is 15.4. The van der Waals surface area contributed by atoms with Crippen LogP contribution < -0.4 is 5.32 Å². The predicted molar refractivity (Wildman–Crippen MR) is 106 cm³/mol. The van der Waals surface area contributed by atoms with Crippen LogP contribution in [-0.2, 0) is 11.2 Å². The standard InChI is InChI=1S/C21H17N5O3/c27-19(12-13-20-23-21(26-29-20)18-7-4-14-28-18)22-15-8-10-17(11-9-15)25-24-16-5-2-1-3-6-16/h1-11,14H,12-13H2,(H,22,27). The number of carbonyl (C=O) groups excluding carboxylic acids is 1. The molecule has 1 N–H and O–H groups in total. The molecular formula is C21H17N5O3. The molecule has 2 aromatic carbocycles. The molecule has 8 heteroatoms. The Morgan fingerprint density at radius 3 is 2.41 bits per heavy atom. The first-order chi connectivity index (χ1) is 14.3. The van der Waals surface area contributed by atoms with Crippen LogP contribution in [0.5, 0.6) is 0 Å². The molecule has 0 spiro atoms. The summed E-state index contributed by atoms with van der Waals surface area (Å²) in [5.74, 6) is 1.12. The minimum Gasteiger partial charge on any atom is -0.461 e. The van der Waals surface area contributed by atoms with Crippen LogP contribution in [0.3, 0.4) is 0 Å². The first kappa shape index (κ1) is 18.3. The van der Waals surface area contributed by atoms with Crippen molar-refractivity contribution in [1.82, 2.24) is 10.1 Å². The molecule has 0 fully saturated rings. The smallest absolute Gasteiger partial charge is 0.238 e. The number of benzene rings is 2. The number of anilines is 1. The van der Waals surface area contributed by atoms with Crippen molar-refractivity contribution in [1.29, 1.82) is 0 Å². The molecule has 144 valence electrons. The molecule has 2 aromatic heterocycles. The first-order valence-electron chi connectivity index (χ1n) is 8.99. The normalized spacial score (nSPS) is 11.0. The van der Waals surface area contributed by atoms with Gasteiger partial charge in [0, 0.05) is 18.5 Å². The van der Waals surface area contributed by atoms with E-state index in [9.17, 15) is 4.79 Å². The zero-order valence-electron chi connectivity index (χ0n) is 15.4. The molecule has 0 unspecified atom stereocenters. The average Bonchev–Trinajstić information content (AvgIpc) is 3.44. The number of rotatable bonds is 7. The van der Waals surface area contributed by atoms with Crippen molar-refractivity contribution >= 4 is 23.0 Å². The highest BCUT2D eigenvalue weighted by Crippen LogP contribution is 2.20. The van der Waals surface area contributed by atoms with Gasteiger partial charge in [-0.2, -0.15) is 15.2 Å². The van der Waals surface area contributed by atoms with Gasteiger partial charge in [-0.15, -0.1) is 0 Å². The van der Waals surface area contributed by atoms with E-state index in [1.54, 1.807) is 36.4 Å².